The molecule has 0 unspecified atom stereocenters. The van der Waals surface area contributed by atoms with Crippen molar-refractivity contribution in [2.75, 3.05) is 66.1 Å². The fourth-order valence-electron chi connectivity index (χ4n) is 3.85. The molecule has 0 spiro atoms. The number of ether oxygens (including phenoxy) is 4. The van der Waals surface area contributed by atoms with E-state index in [1.54, 1.807) is 28.4 Å². The van der Waals surface area contributed by atoms with Gasteiger partial charge in [-0.25, -0.2) is 4.99 Å². The van der Waals surface area contributed by atoms with E-state index in [-0.39, 0.29) is 24.0 Å². The molecule has 2 aromatic rings. The highest BCUT2D eigenvalue weighted by molar-refractivity contribution is 14.0. The number of piperazine rings is 1. The molecule has 182 valence electrons. The van der Waals surface area contributed by atoms with E-state index in [9.17, 15) is 0 Å². The Labute approximate surface area is 213 Å². The van der Waals surface area contributed by atoms with Crippen molar-refractivity contribution in [3.63, 3.8) is 0 Å². The molecular formula is C24H35IN4O4. The summed E-state index contributed by atoms with van der Waals surface area (Å²) in [6, 6.07) is 11.9. The molecular weight excluding hydrogens is 535 g/mol. The number of hydrogen-bond donors (Lipinski definition) is 1. The maximum Gasteiger partial charge on any atom is 0.194 e. The van der Waals surface area contributed by atoms with Gasteiger partial charge in [-0.05, 0) is 25.1 Å². The van der Waals surface area contributed by atoms with Gasteiger partial charge in [-0.2, -0.15) is 0 Å². The van der Waals surface area contributed by atoms with Crippen molar-refractivity contribution in [2.45, 2.75) is 13.5 Å². The fourth-order valence-corrected chi connectivity index (χ4v) is 3.85. The van der Waals surface area contributed by atoms with Crippen LogP contribution in [0.2, 0.25) is 0 Å². The van der Waals surface area contributed by atoms with Crippen LogP contribution in [0.5, 0.6) is 23.0 Å². The molecule has 1 N–H and O–H groups in total. The second-order valence-electron chi connectivity index (χ2n) is 7.34. The summed E-state index contributed by atoms with van der Waals surface area (Å²) in [5.74, 6) is 3.82. The molecule has 0 amide bonds. The number of benzene rings is 2. The van der Waals surface area contributed by atoms with E-state index in [4.69, 9.17) is 23.9 Å². The second kappa shape index (κ2) is 13.2. The van der Waals surface area contributed by atoms with Gasteiger partial charge >= 0.3 is 0 Å². The number of hydrogen-bond acceptors (Lipinski definition) is 6. The lowest BCUT2D eigenvalue weighted by atomic mass is 10.1. The lowest BCUT2D eigenvalue weighted by Crippen LogP contribution is -2.52. The average Bonchev–Trinajstić information content (AvgIpc) is 2.86. The van der Waals surface area contributed by atoms with Crippen LogP contribution in [0.25, 0.3) is 0 Å². The molecule has 0 saturated carbocycles. The number of aliphatic imine (C=N–C) groups is 1. The van der Waals surface area contributed by atoms with Crippen LogP contribution in [0.4, 0.5) is 5.69 Å². The topological polar surface area (TPSA) is 67.8 Å². The minimum atomic E-state index is 0. The maximum absolute atomic E-state index is 5.55. The van der Waals surface area contributed by atoms with Crippen LogP contribution >= 0.6 is 24.0 Å². The van der Waals surface area contributed by atoms with E-state index in [1.165, 1.54) is 0 Å². The van der Waals surface area contributed by atoms with Gasteiger partial charge in [-0.3, -0.25) is 0 Å². The molecule has 0 bridgehead atoms. The largest absolute Gasteiger partial charge is 0.496 e. The van der Waals surface area contributed by atoms with Crippen molar-refractivity contribution >= 4 is 35.6 Å². The normalized spacial score (nSPS) is 13.8. The van der Waals surface area contributed by atoms with Crippen molar-refractivity contribution < 1.29 is 18.9 Å². The first-order chi connectivity index (χ1) is 15.6. The average molecular weight is 570 g/mol. The van der Waals surface area contributed by atoms with Crippen LogP contribution in [0.3, 0.4) is 0 Å². The van der Waals surface area contributed by atoms with Crippen LogP contribution in [-0.2, 0) is 6.54 Å². The quantitative estimate of drug-likeness (QED) is 0.296. The van der Waals surface area contributed by atoms with Gasteiger partial charge < -0.3 is 34.1 Å². The summed E-state index contributed by atoms with van der Waals surface area (Å²) >= 11 is 0. The van der Waals surface area contributed by atoms with Crippen LogP contribution in [-0.4, -0.2) is 72.0 Å². The van der Waals surface area contributed by atoms with E-state index < -0.39 is 0 Å². The Bertz CT molecular complexity index is 917. The van der Waals surface area contributed by atoms with Crippen LogP contribution in [0.15, 0.2) is 41.4 Å². The Kier molecular flexibility index (Phi) is 10.7. The van der Waals surface area contributed by atoms with Crippen molar-refractivity contribution in [1.29, 1.82) is 0 Å². The number of nitrogens with zero attached hydrogens (tertiary/aromatic N) is 3. The summed E-state index contributed by atoms with van der Waals surface area (Å²) in [5, 5.41) is 3.42. The molecule has 1 saturated heterocycles. The van der Waals surface area contributed by atoms with Crippen LogP contribution in [0, 0.1) is 0 Å². The number of para-hydroxylation sites is 2. The SMILES string of the molecule is CCNC(=NCc1cc(OC)c(OC)cc1OC)N1CCN(c2ccccc2OC)CC1.I. The number of methoxy groups -OCH3 is 4. The molecule has 0 aliphatic carbocycles. The Morgan fingerprint density at radius 3 is 2.06 bits per heavy atom. The monoisotopic (exact) mass is 570 g/mol. The lowest BCUT2D eigenvalue weighted by molar-refractivity contribution is 0.347. The summed E-state index contributed by atoms with van der Waals surface area (Å²) in [7, 11) is 6.61. The van der Waals surface area contributed by atoms with Gasteiger partial charge in [0.2, 0.25) is 0 Å². The zero-order chi connectivity index (χ0) is 22.9. The molecule has 0 aromatic heterocycles. The fraction of sp³-hybridized carbons (Fsp3) is 0.458. The maximum atomic E-state index is 5.55. The highest BCUT2D eigenvalue weighted by atomic mass is 127. The van der Waals surface area contributed by atoms with E-state index in [0.717, 1.165) is 61.4 Å². The molecule has 0 radical (unpaired) electrons. The number of nitrogens with one attached hydrogen (secondary N) is 1. The summed E-state index contributed by atoms with van der Waals surface area (Å²) in [4.78, 5) is 9.54. The molecule has 0 atom stereocenters. The van der Waals surface area contributed by atoms with Crippen molar-refractivity contribution in [3.05, 3.63) is 42.0 Å². The minimum Gasteiger partial charge on any atom is -0.496 e. The predicted octanol–water partition coefficient (Wildman–Crippen LogP) is 3.63. The molecule has 9 heteroatoms. The first-order valence-corrected chi connectivity index (χ1v) is 10.8. The first-order valence-electron chi connectivity index (χ1n) is 10.8. The van der Waals surface area contributed by atoms with Crippen LogP contribution < -0.4 is 29.2 Å². The summed E-state index contributed by atoms with van der Waals surface area (Å²) in [6.45, 7) is 6.87. The molecule has 8 nitrogen and oxygen atoms in total. The van der Waals surface area contributed by atoms with E-state index in [0.29, 0.717) is 18.0 Å². The van der Waals surface area contributed by atoms with Gasteiger partial charge in [-0.1, -0.05) is 12.1 Å². The van der Waals surface area contributed by atoms with Crippen LogP contribution in [0.1, 0.15) is 12.5 Å². The Morgan fingerprint density at radius 2 is 1.45 bits per heavy atom. The number of guanidine groups is 1. The molecule has 1 aliphatic heterocycles. The smallest absolute Gasteiger partial charge is 0.194 e. The standard InChI is InChI=1S/C24H34N4O4.HI/c1-6-25-24(26-17-18-15-22(31-4)23(32-5)16-21(18)30-3)28-13-11-27(12-14-28)19-9-7-8-10-20(19)29-2;/h7-10,15-16H,6,11-14,17H2,1-5H3,(H,25,26);1H. The van der Waals surface area contributed by atoms with E-state index in [2.05, 4.69) is 28.1 Å². The van der Waals surface area contributed by atoms with E-state index in [1.807, 2.05) is 30.3 Å². The van der Waals surface area contributed by atoms with Gasteiger partial charge in [0, 0.05) is 44.4 Å². The summed E-state index contributed by atoms with van der Waals surface area (Å²) in [5.41, 5.74) is 2.07. The third-order valence-electron chi connectivity index (χ3n) is 5.53. The molecule has 2 aromatic carbocycles. The Morgan fingerprint density at radius 1 is 0.848 bits per heavy atom. The molecule has 3 rings (SSSR count). The molecule has 33 heavy (non-hydrogen) atoms. The summed E-state index contributed by atoms with van der Waals surface area (Å²) < 4.78 is 21.9. The van der Waals surface area contributed by atoms with Crippen molar-refractivity contribution in [3.8, 4) is 23.0 Å². The number of anilines is 1. The van der Waals surface area contributed by atoms with E-state index >= 15 is 0 Å². The zero-order valence-electron chi connectivity index (χ0n) is 20.1. The third-order valence-corrected chi connectivity index (χ3v) is 5.53. The third kappa shape index (κ3) is 6.49. The second-order valence-corrected chi connectivity index (χ2v) is 7.34. The first kappa shape index (κ1) is 26.7. The molecule has 1 fully saturated rings. The van der Waals surface area contributed by atoms with Crippen molar-refractivity contribution in [2.24, 2.45) is 4.99 Å². The minimum absolute atomic E-state index is 0. The summed E-state index contributed by atoms with van der Waals surface area (Å²) in [6.07, 6.45) is 0. The van der Waals surface area contributed by atoms with Gasteiger partial charge in [-0.15, -0.1) is 24.0 Å². The number of halogens is 1. The zero-order valence-corrected chi connectivity index (χ0v) is 22.4. The van der Waals surface area contributed by atoms with Gasteiger partial charge in [0.05, 0.1) is 40.7 Å². The van der Waals surface area contributed by atoms with Crippen molar-refractivity contribution in [1.82, 2.24) is 10.2 Å². The molecule has 1 aliphatic rings. The Hall–Kier alpha value is -2.56. The van der Waals surface area contributed by atoms with Gasteiger partial charge in [0.15, 0.2) is 17.5 Å². The Balaban J connectivity index is 0.00000385. The highest BCUT2D eigenvalue weighted by Gasteiger charge is 2.22. The highest BCUT2D eigenvalue weighted by Crippen LogP contribution is 2.35. The lowest BCUT2D eigenvalue weighted by Gasteiger charge is -2.38. The van der Waals surface area contributed by atoms with Gasteiger partial charge in [0.1, 0.15) is 11.5 Å². The predicted molar refractivity (Wildman–Crippen MR) is 143 cm³/mol. The molecule has 1 heterocycles. The number of rotatable bonds is 8. The van der Waals surface area contributed by atoms with Gasteiger partial charge in [0.25, 0.3) is 0 Å².